The molecular formula is C26H26FN5O. The van der Waals surface area contributed by atoms with Crippen molar-refractivity contribution in [3.8, 4) is 28.3 Å². The van der Waals surface area contributed by atoms with Crippen LogP contribution in [0.4, 0.5) is 4.39 Å². The second kappa shape index (κ2) is 8.23. The second-order valence-corrected chi connectivity index (χ2v) is 8.95. The van der Waals surface area contributed by atoms with Gasteiger partial charge in [0.2, 0.25) is 0 Å². The lowest BCUT2D eigenvalue weighted by molar-refractivity contribution is 0.349. The van der Waals surface area contributed by atoms with Crippen molar-refractivity contribution < 1.29 is 9.13 Å². The molecule has 1 saturated heterocycles. The minimum Gasteiger partial charge on any atom is -0.494 e. The molecule has 0 bridgehead atoms. The molecule has 2 N–H and O–H groups in total. The lowest BCUT2D eigenvalue weighted by Gasteiger charge is -2.22. The Balaban J connectivity index is 1.43. The van der Waals surface area contributed by atoms with E-state index in [9.17, 15) is 4.39 Å². The number of ether oxygens (including phenoxy) is 1. The summed E-state index contributed by atoms with van der Waals surface area (Å²) in [6.45, 7) is 2.08. The van der Waals surface area contributed by atoms with Gasteiger partial charge in [-0.1, -0.05) is 18.2 Å². The first-order chi connectivity index (χ1) is 16.2. The van der Waals surface area contributed by atoms with Crippen molar-refractivity contribution in [3.63, 3.8) is 0 Å². The van der Waals surface area contributed by atoms with E-state index in [1.54, 1.807) is 7.11 Å². The molecular weight excluding hydrogens is 417 g/mol. The van der Waals surface area contributed by atoms with E-state index in [0.717, 1.165) is 76.3 Å². The zero-order valence-electron chi connectivity index (χ0n) is 18.6. The first-order valence-electron chi connectivity index (χ1n) is 11.6. The van der Waals surface area contributed by atoms with Gasteiger partial charge in [0.15, 0.2) is 0 Å². The number of nitrogens with zero attached hydrogens (tertiary/aromatic N) is 3. The van der Waals surface area contributed by atoms with Crippen LogP contribution in [0.5, 0.6) is 5.75 Å². The summed E-state index contributed by atoms with van der Waals surface area (Å²) in [6, 6.07) is 12.1. The van der Waals surface area contributed by atoms with E-state index >= 15 is 0 Å². The van der Waals surface area contributed by atoms with Crippen molar-refractivity contribution in [1.82, 2.24) is 25.5 Å². The molecule has 4 heterocycles. The number of nitrogens with one attached hydrogen (secondary N) is 2. The molecule has 4 aromatic rings. The van der Waals surface area contributed by atoms with Gasteiger partial charge in [-0.05, 0) is 49.2 Å². The number of pyridine rings is 2. The molecule has 1 fully saturated rings. The molecule has 168 valence electrons. The molecule has 1 atom stereocenters. The minimum atomic E-state index is -0.843. The van der Waals surface area contributed by atoms with Crippen LogP contribution in [0.2, 0.25) is 0 Å². The molecule has 1 unspecified atom stereocenters. The Morgan fingerprint density at radius 1 is 1.06 bits per heavy atom. The van der Waals surface area contributed by atoms with Crippen molar-refractivity contribution in [2.45, 2.75) is 37.8 Å². The SMILES string of the molecule is COc1cc2[nH]nc(-c3ccc(C4CCNCC4)nc3)c2nc1-c1cccc2c1CC(F)C2. The van der Waals surface area contributed by atoms with Crippen LogP contribution in [-0.4, -0.2) is 46.5 Å². The number of hydrogen-bond acceptors (Lipinski definition) is 5. The Morgan fingerprint density at radius 3 is 2.73 bits per heavy atom. The highest BCUT2D eigenvalue weighted by molar-refractivity contribution is 5.93. The maximum absolute atomic E-state index is 14.2. The number of aromatic amines is 1. The Kier molecular flexibility index (Phi) is 5.06. The predicted octanol–water partition coefficient (Wildman–Crippen LogP) is 4.60. The molecule has 0 spiro atoms. The van der Waals surface area contributed by atoms with E-state index in [-0.39, 0.29) is 0 Å². The molecule has 6 nitrogen and oxygen atoms in total. The summed E-state index contributed by atoms with van der Waals surface area (Å²) in [4.78, 5) is 9.75. The van der Waals surface area contributed by atoms with E-state index in [0.29, 0.717) is 24.5 Å². The van der Waals surface area contributed by atoms with Crippen molar-refractivity contribution in [2.75, 3.05) is 20.2 Å². The normalized spacial score (nSPS) is 18.5. The largest absolute Gasteiger partial charge is 0.494 e. The lowest BCUT2D eigenvalue weighted by atomic mass is 9.94. The standard InChI is InChI=1S/C26H26FN5O/c1-33-23-13-22-26(30-25(23)19-4-2-3-16-11-18(27)12-20(16)19)24(32-31-22)17-5-6-21(29-14-17)15-7-9-28-10-8-15/h2-6,13-15,18,28H,7-12H2,1H3,(H,31,32). The molecule has 33 heavy (non-hydrogen) atoms. The zero-order valence-corrected chi connectivity index (χ0v) is 18.6. The molecule has 6 rings (SSSR count). The lowest BCUT2D eigenvalue weighted by Crippen LogP contribution is -2.26. The number of benzene rings is 1. The predicted molar refractivity (Wildman–Crippen MR) is 126 cm³/mol. The van der Waals surface area contributed by atoms with Gasteiger partial charge in [-0.15, -0.1) is 0 Å². The summed E-state index contributed by atoms with van der Waals surface area (Å²) in [5.41, 5.74) is 8.09. The maximum atomic E-state index is 14.2. The molecule has 7 heteroatoms. The van der Waals surface area contributed by atoms with Gasteiger partial charge in [0, 0.05) is 47.8 Å². The van der Waals surface area contributed by atoms with Crippen LogP contribution in [0.25, 0.3) is 33.5 Å². The van der Waals surface area contributed by atoms with E-state index in [1.165, 1.54) is 0 Å². The fourth-order valence-electron chi connectivity index (χ4n) is 5.21. The summed E-state index contributed by atoms with van der Waals surface area (Å²) in [6.07, 6.45) is 4.15. The average Bonchev–Trinajstić information content (AvgIpc) is 3.46. The Morgan fingerprint density at radius 2 is 1.94 bits per heavy atom. The number of hydrogen-bond donors (Lipinski definition) is 2. The third-order valence-electron chi connectivity index (χ3n) is 6.93. The van der Waals surface area contributed by atoms with Gasteiger partial charge < -0.3 is 10.1 Å². The van der Waals surface area contributed by atoms with Gasteiger partial charge in [-0.3, -0.25) is 10.1 Å². The Hall–Kier alpha value is -3.32. The summed E-state index contributed by atoms with van der Waals surface area (Å²) in [5.74, 6) is 1.15. The molecule has 3 aromatic heterocycles. The van der Waals surface area contributed by atoms with E-state index in [2.05, 4.69) is 27.6 Å². The van der Waals surface area contributed by atoms with Gasteiger partial charge in [0.05, 0.1) is 12.6 Å². The van der Waals surface area contributed by atoms with Crippen LogP contribution in [0, 0.1) is 0 Å². The van der Waals surface area contributed by atoms with Crippen LogP contribution in [0.1, 0.15) is 35.6 Å². The molecule has 1 aromatic carbocycles. The van der Waals surface area contributed by atoms with Gasteiger partial charge in [0.25, 0.3) is 0 Å². The summed E-state index contributed by atoms with van der Waals surface area (Å²) in [5, 5.41) is 11.0. The van der Waals surface area contributed by atoms with Gasteiger partial charge in [-0.25, -0.2) is 9.37 Å². The van der Waals surface area contributed by atoms with Crippen LogP contribution >= 0.6 is 0 Å². The third kappa shape index (κ3) is 3.56. The topological polar surface area (TPSA) is 75.7 Å². The van der Waals surface area contributed by atoms with Crippen LogP contribution in [0.15, 0.2) is 42.6 Å². The Labute approximate surface area is 191 Å². The smallest absolute Gasteiger partial charge is 0.147 e. The second-order valence-electron chi connectivity index (χ2n) is 8.95. The van der Waals surface area contributed by atoms with Crippen molar-refractivity contribution in [1.29, 1.82) is 0 Å². The number of halogens is 1. The number of piperidine rings is 1. The fraction of sp³-hybridized carbons (Fsp3) is 0.346. The molecule has 1 aliphatic heterocycles. The highest BCUT2D eigenvalue weighted by Crippen LogP contribution is 2.39. The van der Waals surface area contributed by atoms with Gasteiger partial charge in [-0.2, -0.15) is 5.10 Å². The zero-order chi connectivity index (χ0) is 22.4. The highest BCUT2D eigenvalue weighted by atomic mass is 19.1. The molecule has 2 aliphatic rings. The molecule has 0 amide bonds. The number of H-pyrrole nitrogens is 1. The molecule has 1 aliphatic carbocycles. The van der Waals surface area contributed by atoms with E-state index < -0.39 is 6.17 Å². The quantitative estimate of drug-likeness (QED) is 0.482. The number of rotatable bonds is 4. The highest BCUT2D eigenvalue weighted by Gasteiger charge is 2.26. The van der Waals surface area contributed by atoms with Crippen molar-refractivity contribution >= 4 is 11.0 Å². The molecule has 0 radical (unpaired) electrons. The number of methoxy groups -OCH3 is 1. The summed E-state index contributed by atoms with van der Waals surface area (Å²) >= 11 is 0. The van der Waals surface area contributed by atoms with Crippen LogP contribution in [-0.2, 0) is 12.8 Å². The van der Waals surface area contributed by atoms with Gasteiger partial charge >= 0.3 is 0 Å². The van der Waals surface area contributed by atoms with Crippen LogP contribution < -0.4 is 10.1 Å². The fourth-order valence-corrected chi connectivity index (χ4v) is 5.21. The average molecular weight is 444 g/mol. The summed E-state index contributed by atoms with van der Waals surface area (Å²) < 4.78 is 19.8. The maximum Gasteiger partial charge on any atom is 0.147 e. The number of fused-ring (bicyclic) bond motifs is 2. The van der Waals surface area contributed by atoms with Crippen molar-refractivity contribution in [3.05, 3.63) is 59.4 Å². The van der Waals surface area contributed by atoms with Crippen molar-refractivity contribution in [2.24, 2.45) is 0 Å². The van der Waals surface area contributed by atoms with E-state index in [1.807, 2.05) is 30.5 Å². The first-order valence-corrected chi connectivity index (χ1v) is 11.6. The van der Waals surface area contributed by atoms with Gasteiger partial charge in [0.1, 0.15) is 28.8 Å². The number of aromatic nitrogens is 4. The third-order valence-corrected chi connectivity index (χ3v) is 6.93. The first kappa shape index (κ1) is 20.3. The molecule has 0 saturated carbocycles. The minimum absolute atomic E-state index is 0.411. The van der Waals surface area contributed by atoms with E-state index in [4.69, 9.17) is 14.7 Å². The summed E-state index contributed by atoms with van der Waals surface area (Å²) in [7, 11) is 1.63. The monoisotopic (exact) mass is 443 g/mol. The Bertz CT molecular complexity index is 1310. The van der Waals surface area contributed by atoms with Crippen LogP contribution in [0.3, 0.4) is 0 Å². The number of alkyl halides is 1.